The van der Waals surface area contributed by atoms with Crippen LogP contribution in [0.1, 0.15) is 73.6 Å². The van der Waals surface area contributed by atoms with Gasteiger partial charge in [-0.2, -0.15) is 0 Å². The van der Waals surface area contributed by atoms with Gasteiger partial charge in [0.2, 0.25) is 11.8 Å². The van der Waals surface area contributed by atoms with Gasteiger partial charge in [-0.3, -0.25) is 14.5 Å². The molecule has 32 heavy (non-hydrogen) atoms. The molecule has 1 saturated carbocycles. The predicted octanol–water partition coefficient (Wildman–Crippen LogP) is 4.26. The number of piperidine rings is 1. The summed E-state index contributed by atoms with van der Waals surface area (Å²) in [5.74, 6) is 1.33. The Hall–Kier alpha value is -2.83. The topological polar surface area (TPSA) is 66.4 Å². The summed E-state index contributed by atoms with van der Waals surface area (Å²) in [5.41, 5.74) is 2.50. The fraction of sp³-hybridized carbons (Fsp3) is 0.520. The minimum absolute atomic E-state index is 0.0265. The molecule has 1 aliphatic carbocycles. The van der Waals surface area contributed by atoms with Crippen LogP contribution in [0.4, 0.5) is 10.2 Å². The van der Waals surface area contributed by atoms with Gasteiger partial charge in [0, 0.05) is 23.7 Å². The zero-order valence-electron chi connectivity index (χ0n) is 18.5. The Balaban J connectivity index is 1.46. The summed E-state index contributed by atoms with van der Waals surface area (Å²) < 4.78 is 13.3. The van der Waals surface area contributed by atoms with Crippen molar-refractivity contribution in [3.8, 4) is 0 Å². The van der Waals surface area contributed by atoms with Crippen molar-refractivity contribution in [2.75, 3.05) is 11.4 Å². The molecule has 3 heterocycles. The Labute approximate surface area is 187 Å². The lowest BCUT2D eigenvalue weighted by Crippen LogP contribution is -2.42. The Morgan fingerprint density at radius 3 is 2.53 bits per heavy atom. The highest BCUT2D eigenvalue weighted by molar-refractivity contribution is 6.00. The van der Waals surface area contributed by atoms with Crippen LogP contribution >= 0.6 is 0 Å². The number of rotatable bonds is 4. The fourth-order valence-electron chi connectivity index (χ4n) is 5.35. The molecular weight excluding hydrogens is 407 g/mol. The van der Waals surface area contributed by atoms with Crippen molar-refractivity contribution in [3.63, 3.8) is 0 Å². The third-order valence-electron chi connectivity index (χ3n) is 7.14. The van der Waals surface area contributed by atoms with Crippen molar-refractivity contribution in [2.24, 2.45) is 5.92 Å². The number of hydrogen-bond acceptors (Lipinski definition) is 4. The molecule has 1 aromatic carbocycles. The monoisotopic (exact) mass is 436 g/mol. The summed E-state index contributed by atoms with van der Waals surface area (Å²) in [7, 11) is 0. The molecule has 6 nitrogen and oxygen atoms in total. The average molecular weight is 437 g/mol. The Morgan fingerprint density at radius 2 is 1.78 bits per heavy atom. The number of carbonyl (C=O) groups is 2. The smallest absolute Gasteiger partial charge is 0.233 e. The van der Waals surface area contributed by atoms with Gasteiger partial charge in [0.05, 0.1) is 19.0 Å². The van der Waals surface area contributed by atoms with E-state index < -0.39 is 0 Å². The number of aromatic nitrogens is 2. The molecule has 1 saturated heterocycles. The number of carbonyl (C=O) groups excluding carboxylic acids is 2. The van der Waals surface area contributed by atoms with E-state index in [0.29, 0.717) is 18.2 Å². The molecule has 2 amide bonds. The van der Waals surface area contributed by atoms with E-state index in [2.05, 4.69) is 0 Å². The Morgan fingerprint density at radius 1 is 1.06 bits per heavy atom. The van der Waals surface area contributed by atoms with Crippen molar-refractivity contribution < 1.29 is 14.0 Å². The Kier molecular flexibility index (Phi) is 5.66. The summed E-state index contributed by atoms with van der Waals surface area (Å²) in [6.07, 6.45) is 7.39. The molecule has 1 unspecified atom stereocenters. The molecule has 0 radical (unpaired) electrons. The minimum Gasteiger partial charge on any atom is -0.332 e. The first-order valence-electron chi connectivity index (χ1n) is 11.7. The quantitative estimate of drug-likeness (QED) is 0.718. The standard InChI is InChI=1S/C25H29FN4O2/c1-16-20-14-22(31)30(15-17-9-11-19(26)12-10-17)24(20)28-23(27-16)21-8-4-5-13-29(21)25(32)18-6-2-3-7-18/h9-12,18,21H,2-8,13-15H2,1H3. The number of amides is 2. The summed E-state index contributed by atoms with van der Waals surface area (Å²) >= 11 is 0. The van der Waals surface area contributed by atoms with Gasteiger partial charge in [-0.05, 0) is 56.7 Å². The normalized spacial score (nSPS) is 21.3. The predicted molar refractivity (Wildman–Crippen MR) is 118 cm³/mol. The Bertz CT molecular complexity index is 1030. The van der Waals surface area contributed by atoms with Gasteiger partial charge in [0.1, 0.15) is 11.6 Å². The van der Waals surface area contributed by atoms with Gasteiger partial charge in [-0.25, -0.2) is 14.4 Å². The van der Waals surface area contributed by atoms with Crippen LogP contribution in [0, 0.1) is 18.7 Å². The van der Waals surface area contributed by atoms with Crippen LogP contribution in [-0.4, -0.2) is 33.2 Å². The number of nitrogens with zero attached hydrogens (tertiary/aromatic N) is 4. The summed E-state index contributed by atoms with van der Waals surface area (Å²) in [6.45, 7) is 3.01. The highest BCUT2D eigenvalue weighted by Gasteiger charge is 2.37. The zero-order chi connectivity index (χ0) is 22.2. The van der Waals surface area contributed by atoms with E-state index in [1.807, 2.05) is 11.8 Å². The van der Waals surface area contributed by atoms with Gasteiger partial charge in [0.25, 0.3) is 0 Å². The maximum absolute atomic E-state index is 13.3. The highest BCUT2D eigenvalue weighted by atomic mass is 19.1. The van der Waals surface area contributed by atoms with Crippen LogP contribution < -0.4 is 4.90 Å². The number of halogens is 1. The zero-order valence-corrected chi connectivity index (χ0v) is 18.5. The van der Waals surface area contributed by atoms with Crippen molar-refractivity contribution in [2.45, 2.75) is 70.9 Å². The minimum atomic E-state index is -0.299. The number of aryl methyl sites for hydroxylation is 1. The van der Waals surface area contributed by atoms with Crippen LogP contribution in [0.2, 0.25) is 0 Å². The first kappa shape index (κ1) is 21.0. The molecule has 2 aromatic rings. The molecule has 1 atom stereocenters. The lowest BCUT2D eigenvalue weighted by molar-refractivity contribution is -0.139. The first-order valence-corrected chi connectivity index (χ1v) is 11.7. The maximum Gasteiger partial charge on any atom is 0.233 e. The lowest BCUT2D eigenvalue weighted by atomic mass is 9.97. The number of hydrogen-bond donors (Lipinski definition) is 0. The van der Waals surface area contributed by atoms with Gasteiger partial charge in [0.15, 0.2) is 5.82 Å². The second-order valence-electron chi connectivity index (χ2n) is 9.28. The van der Waals surface area contributed by atoms with Gasteiger partial charge >= 0.3 is 0 Å². The second-order valence-corrected chi connectivity index (χ2v) is 9.28. The fourth-order valence-corrected chi connectivity index (χ4v) is 5.35. The van der Waals surface area contributed by atoms with Crippen LogP contribution in [0.15, 0.2) is 24.3 Å². The molecule has 5 rings (SSSR count). The van der Waals surface area contributed by atoms with Crippen molar-refractivity contribution in [1.29, 1.82) is 0 Å². The SMILES string of the molecule is Cc1nc(C2CCCCN2C(=O)C2CCCC2)nc2c1CC(=O)N2Cc1ccc(F)cc1. The number of anilines is 1. The third-order valence-corrected chi connectivity index (χ3v) is 7.14. The van der Waals surface area contributed by atoms with E-state index in [1.165, 1.54) is 12.1 Å². The van der Waals surface area contributed by atoms with Crippen LogP contribution in [-0.2, 0) is 22.6 Å². The number of likely N-dealkylation sites (tertiary alicyclic amines) is 1. The lowest BCUT2D eigenvalue weighted by Gasteiger charge is -2.36. The molecule has 0 bridgehead atoms. The maximum atomic E-state index is 13.3. The highest BCUT2D eigenvalue weighted by Crippen LogP contribution is 2.37. The van der Waals surface area contributed by atoms with E-state index in [-0.39, 0.29) is 36.0 Å². The molecule has 2 aliphatic heterocycles. The summed E-state index contributed by atoms with van der Waals surface area (Å²) in [5, 5.41) is 0. The number of fused-ring (bicyclic) bond motifs is 1. The van der Waals surface area contributed by atoms with Crippen LogP contribution in [0.3, 0.4) is 0 Å². The van der Waals surface area contributed by atoms with Gasteiger partial charge < -0.3 is 4.90 Å². The second kappa shape index (κ2) is 8.60. The molecule has 0 N–H and O–H groups in total. The molecule has 7 heteroatoms. The van der Waals surface area contributed by atoms with E-state index in [9.17, 15) is 14.0 Å². The van der Waals surface area contributed by atoms with Crippen LogP contribution in [0.5, 0.6) is 0 Å². The molecule has 2 fully saturated rings. The number of benzene rings is 1. The van der Waals surface area contributed by atoms with E-state index >= 15 is 0 Å². The molecule has 1 aromatic heterocycles. The van der Waals surface area contributed by atoms with Crippen LogP contribution in [0.25, 0.3) is 0 Å². The van der Waals surface area contributed by atoms with Gasteiger partial charge in [-0.1, -0.05) is 25.0 Å². The molecule has 0 spiro atoms. The van der Waals surface area contributed by atoms with Crippen molar-refractivity contribution in [1.82, 2.24) is 14.9 Å². The van der Waals surface area contributed by atoms with E-state index in [0.717, 1.165) is 68.3 Å². The van der Waals surface area contributed by atoms with Crippen molar-refractivity contribution >= 4 is 17.6 Å². The third kappa shape index (κ3) is 3.89. The molecule has 3 aliphatic rings. The van der Waals surface area contributed by atoms with E-state index in [1.54, 1.807) is 17.0 Å². The van der Waals surface area contributed by atoms with Crippen molar-refractivity contribution in [3.05, 3.63) is 52.7 Å². The van der Waals surface area contributed by atoms with Gasteiger partial charge in [-0.15, -0.1) is 0 Å². The van der Waals surface area contributed by atoms with E-state index in [4.69, 9.17) is 9.97 Å². The summed E-state index contributed by atoms with van der Waals surface area (Å²) in [4.78, 5) is 39.4. The largest absolute Gasteiger partial charge is 0.332 e. The average Bonchev–Trinajstić information content (AvgIpc) is 3.44. The first-order chi connectivity index (χ1) is 15.5. The summed E-state index contributed by atoms with van der Waals surface area (Å²) in [6, 6.07) is 6.06. The molecular formula is C25H29FN4O2. The molecule has 168 valence electrons.